The van der Waals surface area contributed by atoms with E-state index in [0.717, 1.165) is 0 Å². The number of anilines is 1. The lowest BCUT2D eigenvalue weighted by atomic mass is 10.0. The zero-order valence-corrected chi connectivity index (χ0v) is 17.5. The molecule has 6 nitrogen and oxygen atoms in total. The molecule has 0 saturated carbocycles. The van der Waals surface area contributed by atoms with Gasteiger partial charge in [-0.1, -0.05) is 30.3 Å². The lowest BCUT2D eigenvalue weighted by molar-refractivity contribution is -0.274. The van der Waals surface area contributed by atoms with Gasteiger partial charge in [-0.2, -0.15) is 0 Å². The van der Waals surface area contributed by atoms with Crippen molar-refractivity contribution in [3.05, 3.63) is 71.1 Å². The number of benzene rings is 2. The van der Waals surface area contributed by atoms with Gasteiger partial charge >= 0.3 is 12.3 Å². The van der Waals surface area contributed by atoms with E-state index >= 15 is 0 Å². The van der Waals surface area contributed by atoms with E-state index in [1.54, 1.807) is 30.5 Å². The predicted molar refractivity (Wildman–Crippen MR) is 112 cm³/mol. The molecule has 168 valence electrons. The van der Waals surface area contributed by atoms with Crippen LogP contribution in [0.4, 0.5) is 18.2 Å². The van der Waals surface area contributed by atoms with Crippen LogP contribution in [0.5, 0.6) is 5.75 Å². The standard InChI is InChI=1S/C22H18F3NO5S/c1-2-30-21(29)17-6-4-3-5-16(17)19(27)20(28)26-18-11-14(12-32-18)13-7-9-15(10-8-13)31-22(23,24)25/h3-12,19,27H,2H2,1H3,(H,26,28). The fourth-order valence-corrected chi connectivity index (χ4v) is 3.68. The Bertz CT molecular complexity index is 1100. The van der Waals surface area contributed by atoms with E-state index in [0.29, 0.717) is 16.1 Å². The van der Waals surface area contributed by atoms with Crippen molar-refractivity contribution in [3.8, 4) is 16.9 Å². The number of amides is 1. The maximum atomic E-state index is 12.5. The molecule has 3 aromatic rings. The summed E-state index contributed by atoms with van der Waals surface area (Å²) < 4.78 is 45.6. The average molecular weight is 465 g/mol. The van der Waals surface area contributed by atoms with Gasteiger partial charge in [-0.15, -0.1) is 24.5 Å². The lowest BCUT2D eigenvalue weighted by Crippen LogP contribution is -2.22. The fraction of sp³-hybridized carbons (Fsp3) is 0.182. The first kappa shape index (κ1) is 23.3. The number of thiophene rings is 1. The first-order valence-electron chi connectivity index (χ1n) is 9.37. The second-order valence-electron chi connectivity index (χ2n) is 6.47. The lowest BCUT2D eigenvalue weighted by Gasteiger charge is -2.14. The van der Waals surface area contributed by atoms with E-state index in [4.69, 9.17) is 4.74 Å². The summed E-state index contributed by atoms with van der Waals surface area (Å²) in [7, 11) is 0. The Hall–Kier alpha value is -3.37. The topological polar surface area (TPSA) is 84.9 Å². The molecule has 1 amide bonds. The zero-order chi connectivity index (χ0) is 23.3. The van der Waals surface area contributed by atoms with Crippen LogP contribution in [0.3, 0.4) is 0 Å². The van der Waals surface area contributed by atoms with Crippen molar-refractivity contribution >= 4 is 28.2 Å². The number of aliphatic hydroxyl groups excluding tert-OH is 1. The highest BCUT2D eigenvalue weighted by Gasteiger charge is 2.31. The molecule has 0 aliphatic rings. The van der Waals surface area contributed by atoms with Crippen LogP contribution in [0.2, 0.25) is 0 Å². The second kappa shape index (κ2) is 9.84. The van der Waals surface area contributed by atoms with Crippen LogP contribution in [-0.2, 0) is 9.53 Å². The van der Waals surface area contributed by atoms with Gasteiger partial charge in [0.2, 0.25) is 0 Å². The molecule has 0 aliphatic heterocycles. The van der Waals surface area contributed by atoms with E-state index < -0.39 is 24.3 Å². The molecule has 32 heavy (non-hydrogen) atoms. The summed E-state index contributed by atoms with van der Waals surface area (Å²) in [5.41, 5.74) is 1.47. The minimum atomic E-state index is -4.77. The van der Waals surface area contributed by atoms with Crippen LogP contribution in [0.15, 0.2) is 60.0 Å². The molecule has 0 fully saturated rings. The summed E-state index contributed by atoms with van der Waals surface area (Å²) >= 11 is 1.17. The number of carbonyl (C=O) groups excluding carboxylic acids is 2. The van der Waals surface area contributed by atoms with E-state index in [-0.39, 0.29) is 23.5 Å². The molecular formula is C22H18F3NO5S. The molecule has 2 aromatic carbocycles. The van der Waals surface area contributed by atoms with Crippen molar-refractivity contribution in [2.24, 2.45) is 0 Å². The number of hydrogen-bond acceptors (Lipinski definition) is 6. The van der Waals surface area contributed by atoms with Crippen LogP contribution >= 0.6 is 11.3 Å². The van der Waals surface area contributed by atoms with Gasteiger partial charge in [0, 0.05) is 10.9 Å². The highest BCUT2D eigenvalue weighted by Crippen LogP contribution is 2.32. The van der Waals surface area contributed by atoms with Gasteiger partial charge in [0.15, 0.2) is 6.10 Å². The molecule has 0 radical (unpaired) electrons. The largest absolute Gasteiger partial charge is 0.573 e. The summed E-state index contributed by atoms with van der Waals surface area (Å²) in [6.07, 6.45) is -6.38. The third-order valence-corrected chi connectivity index (χ3v) is 5.11. The van der Waals surface area contributed by atoms with Crippen LogP contribution < -0.4 is 10.1 Å². The van der Waals surface area contributed by atoms with Crippen LogP contribution in [0.1, 0.15) is 28.9 Å². The number of nitrogens with one attached hydrogen (secondary N) is 1. The Kier molecular flexibility index (Phi) is 7.16. The van der Waals surface area contributed by atoms with Gasteiger partial charge < -0.3 is 19.9 Å². The monoisotopic (exact) mass is 465 g/mol. The van der Waals surface area contributed by atoms with Crippen molar-refractivity contribution in [2.45, 2.75) is 19.4 Å². The molecule has 1 heterocycles. The van der Waals surface area contributed by atoms with Crippen LogP contribution in [-0.4, -0.2) is 30.0 Å². The van der Waals surface area contributed by atoms with Crippen molar-refractivity contribution < 1.29 is 37.3 Å². The fourth-order valence-electron chi connectivity index (χ4n) is 2.86. The SMILES string of the molecule is CCOC(=O)c1ccccc1C(O)C(=O)Nc1cc(-c2ccc(OC(F)(F)F)cc2)cs1. The number of aliphatic hydroxyl groups is 1. The number of hydrogen-bond donors (Lipinski definition) is 2. The molecule has 0 aliphatic carbocycles. The van der Waals surface area contributed by atoms with E-state index in [1.165, 1.54) is 47.7 Å². The van der Waals surface area contributed by atoms with E-state index in [2.05, 4.69) is 10.1 Å². The molecule has 0 bridgehead atoms. The third kappa shape index (κ3) is 5.86. The quantitative estimate of drug-likeness (QED) is 0.471. The Morgan fingerprint density at radius 1 is 1.09 bits per heavy atom. The summed E-state index contributed by atoms with van der Waals surface area (Å²) in [6.45, 7) is 1.80. The molecule has 0 spiro atoms. The summed E-state index contributed by atoms with van der Waals surface area (Å²) in [4.78, 5) is 24.6. The van der Waals surface area contributed by atoms with Gasteiger partial charge in [-0.05, 0) is 42.3 Å². The van der Waals surface area contributed by atoms with E-state index in [1.807, 2.05) is 0 Å². The molecule has 3 rings (SSSR count). The molecule has 1 atom stereocenters. The minimum Gasteiger partial charge on any atom is -0.462 e. The summed E-state index contributed by atoms with van der Waals surface area (Å²) in [5.74, 6) is -1.73. The third-order valence-electron chi connectivity index (χ3n) is 4.27. The smallest absolute Gasteiger partial charge is 0.462 e. The summed E-state index contributed by atoms with van der Waals surface area (Å²) in [6, 6.07) is 13.0. The number of carbonyl (C=O) groups is 2. The maximum absolute atomic E-state index is 12.5. The highest BCUT2D eigenvalue weighted by atomic mass is 32.1. The Balaban J connectivity index is 1.71. The molecule has 1 aromatic heterocycles. The second-order valence-corrected chi connectivity index (χ2v) is 7.38. The normalized spacial score (nSPS) is 12.2. The Morgan fingerprint density at radius 2 is 1.78 bits per heavy atom. The molecular weight excluding hydrogens is 447 g/mol. The molecule has 0 saturated heterocycles. The number of halogens is 3. The van der Waals surface area contributed by atoms with Gasteiger partial charge in [-0.25, -0.2) is 4.79 Å². The molecule has 1 unspecified atom stereocenters. The van der Waals surface area contributed by atoms with Crippen LogP contribution in [0.25, 0.3) is 11.1 Å². The first-order valence-corrected chi connectivity index (χ1v) is 10.3. The predicted octanol–water partition coefficient (Wildman–Crippen LogP) is 5.16. The Morgan fingerprint density at radius 3 is 2.44 bits per heavy atom. The van der Waals surface area contributed by atoms with Crippen molar-refractivity contribution in [1.29, 1.82) is 0 Å². The van der Waals surface area contributed by atoms with Crippen molar-refractivity contribution in [1.82, 2.24) is 0 Å². The first-order chi connectivity index (χ1) is 15.2. The van der Waals surface area contributed by atoms with Gasteiger partial charge in [-0.3, -0.25) is 4.79 Å². The van der Waals surface area contributed by atoms with Gasteiger partial charge in [0.25, 0.3) is 5.91 Å². The maximum Gasteiger partial charge on any atom is 0.573 e. The van der Waals surface area contributed by atoms with Crippen LogP contribution in [0, 0.1) is 0 Å². The minimum absolute atomic E-state index is 0.0880. The number of rotatable bonds is 7. The Labute approximate surface area is 185 Å². The molecule has 10 heteroatoms. The molecule has 2 N–H and O–H groups in total. The van der Waals surface area contributed by atoms with Gasteiger partial charge in [0.05, 0.1) is 17.2 Å². The zero-order valence-electron chi connectivity index (χ0n) is 16.7. The van der Waals surface area contributed by atoms with E-state index in [9.17, 15) is 27.9 Å². The average Bonchev–Trinajstić information content (AvgIpc) is 3.21. The highest BCUT2D eigenvalue weighted by molar-refractivity contribution is 7.14. The van der Waals surface area contributed by atoms with Crippen molar-refractivity contribution in [3.63, 3.8) is 0 Å². The number of ether oxygens (including phenoxy) is 2. The van der Waals surface area contributed by atoms with Crippen molar-refractivity contribution in [2.75, 3.05) is 11.9 Å². The number of esters is 1. The van der Waals surface area contributed by atoms with Gasteiger partial charge in [0.1, 0.15) is 5.75 Å². The summed E-state index contributed by atoms with van der Waals surface area (Å²) in [5, 5.41) is 15.2. The number of alkyl halides is 3.